The summed E-state index contributed by atoms with van der Waals surface area (Å²) >= 11 is 6.01. The Morgan fingerprint density at radius 2 is 1.92 bits per heavy atom. The van der Waals surface area contributed by atoms with E-state index in [0.29, 0.717) is 35.2 Å². The van der Waals surface area contributed by atoms with Crippen LogP contribution in [-0.2, 0) is 17.9 Å². The zero-order valence-corrected chi connectivity index (χ0v) is 15.8. The lowest BCUT2D eigenvalue weighted by molar-refractivity contribution is 0.199. The maximum Gasteiger partial charge on any atom is 0.161 e. The van der Waals surface area contributed by atoms with E-state index in [1.165, 1.54) is 6.07 Å². The standard InChI is InChI=1S/C18H21ClFNO3.ClH/c1-22-9-8-21-11-13-6-7-17(18(10-13)23-2)24-12-14-15(19)4-3-5-16(14)20;/h3-7,10,21H,8-9,11-12H2,1-2H3;1H. The smallest absolute Gasteiger partial charge is 0.161 e. The largest absolute Gasteiger partial charge is 0.493 e. The van der Waals surface area contributed by atoms with Crippen molar-refractivity contribution < 1.29 is 18.6 Å². The van der Waals surface area contributed by atoms with Crippen LogP contribution in [0.15, 0.2) is 36.4 Å². The highest BCUT2D eigenvalue weighted by atomic mass is 35.5. The first-order valence-electron chi connectivity index (χ1n) is 7.58. The van der Waals surface area contributed by atoms with Crippen LogP contribution in [0.25, 0.3) is 0 Å². The summed E-state index contributed by atoms with van der Waals surface area (Å²) in [4.78, 5) is 0. The number of benzene rings is 2. The highest BCUT2D eigenvalue weighted by Gasteiger charge is 2.10. The van der Waals surface area contributed by atoms with Gasteiger partial charge in [0.15, 0.2) is 11.5 Å². The summed E-state index contributed by atoms with van der Waals surface area (Å²) < 4.78 is 29.8. The highest BCUT2D eigenvalue weighted by molar-refractivity contribution is 6.31. The summed E-state index contributed by atoms with van der Waals surface area (Å²) in [6.07, 6.45) is 0. The first kappa shape index (κ1) is 21.5. The van der Waals surface area contributed by atoms with Gasteiger partial charge in [0.25, 0.3) is 0 Å². The first-order chi connectivity index (χ1) is 11.7. The van der Waals surface area contributed by atoms with Gasteiger partial charge in [-0.05, 0) is 29.8 Å². The Hall–Kier alpha value is -1.53. The summed E-state index contributed by atoms with van der Waals surface area (Å²) in [6, 6.07) is 10.2. The second-order valence-electron chi connectivity index (χ2n) is 5.14. The van der Waals surface area contributed by atoms with E-state index in [9.17, 15) is 4.39 Å². The molecule has 0 bridgehead atoms. The van der Waals surface area contributed by atoms with Crippen LogP contribution in [0.5, 0.6) is 11.5 Å². The third kappa shape index (κ3) is 6.36. The zero-order valence-electron chi connectivity index (χ0n) is 14.2. The summed E-state index contributed by atoms with van der Waals surface area (Å²) in [5.41, 5.74) is 1.38. The molecule has 25 heavy (non-hydrogen) atoms. The fraction of sp³-hybridized carbons (Fsp3) is 0.333. The van der Waals surface area contributed by atoms with E-state index in [-0.39, 0.29) is 24.8 Å². The Bertz CT molecular complexity index is 651. The van der Waals surface area contributed by atoms with Gasteiger partial charge in [0.2, 0.25) is 0 Å². The van der Waals surface area contributed by atoms with E-state index in [0.717, 1.165) is 12.1 Å². The van der Waals surface area contributed by atoms with Crippen LogP contribution < -0.4 is 14.8 Å². The lowest BCUT2D eigenvalue weighted by Gasteiger charge is -2.13. The molecular formula is C18H22Cl2FNO3. The third-order valence-electron chi connectivity index (χ3n) is 3.47. The molecule has 0 fully saturated rings. The molecule has 0 aliphatic heterocycles. The van der Waals surface area contributed by atoms with Gasteiger partial charge < -0.3 is 19.5 Å². The molecule has 2 aromatic carbocycles. The molecule has 0 atom stereocenters. The van der Waals surface area contributed by atoms with Gasteiger partial charge in [-0.25, -0.2) is 4.39 Å². The van der Waals surface area contributed by atoms with Crippen molar-refractivity contribution >= 4 is 24.0 Å². The van der Waals surface area contributed by atoms with Crippen molar-refractivity contribution in [3.05, 3.63) is 58.4 Å². The van der Waals surface area contributed by atoms with E-state index in [2.05, 4.69) is 5.32 Å². The van der Waals surface area contributed by atoms with Gasteiger partial charge in [0.05, 0.1) is 18.7 Å². The number of halogens is 3. The number of rotatable bonds is 9. The maximum absolute atomic E-state index is 13.8. The number of ether oxygens (including phenoxy) is 3. The van der Waals surface area contributed by atoms with E-state index < -0.39 is 0 Å². The van der Waals surface area contributed by atoms with Gasteiger partial charge in [-0.15, -0.1) is 12.4 Å². The normalized spacial score (nSPS) is 10.2. The third-order valence-corrected chi connectivity index (χ3v) is 3.83. The summed E-state index contributed by atoms with van der Waals surface area (Å²) in [5, 5.41) is 3.60. The van der Waals surface area contributed by atoms with Crippen molar-refractivity contribution in [1.82, 2.24) is 5.32 Å². The first-order valence-corrected chi connectivity index (χ1v) is 7.95. The molecule has 0 aliphatic carbocycles. The number of nitrogens with one attached hydrogen (secondary N) is 1. The molecular weight excluding hydrogens is 368 g/mol. The highest BCUT2D eigenvalue weighted by Crippen LogP contribution is 2.30. The van der Waals surface area contributed by atoms with E-state index in [4.69, 9.17) is 25.8 Å². The molecule has 2 rings (SSSR count). The van der Waals surface area contributed by atoms with Crippen molar-refractivity contribution in [1.29, 1.82) is 0 Å². The minimum atomic E-state index is -0.388. The van der Waals surface area contributed by atoms with Crippen LogP contribution in [0.4, 0.5) is 4.39 Å². The van der Waals surface area contributed by atoms with Crippen molar-refractivity contribution in [2.24, 2.45) is 0 Å². The van der Waals surface area contributed by atoms with Gasteiger partial charge in [-0.3, -0.25) is 0 Å². The average Bonchev–Trinajstić information content (AvgIpc) is 2.59. The molecule has 1 N–H and O–H groups in total. The minimum absolute atomic E-state index is 0. The molecule has 0 radical (unpaired) electrons. The van der Waals surface area contributed by atoms with Gasteiger partial charge in [0, 0.05) is 25.8 Å². The van der Waals surface area contributed by atoms with Gasteiger partial charge >= 0.3 is 0 Å². The molecule has 0 unspecified atom stereocenters. The molecule has 0 saturated heterocycles. The lowest BCUT2D eigenvalue weighted by atomic mass is 10.2. The number of hydrogen-bond acceptors (Lipinski definition) is 4. The SMILES string of the molecule is COCCNCc1ccc(OCc2c(F)cccc2Cl)c(OC)c1.Cl. The van der Waals surface area contributed by atoms with E-state index in [1.807, 2.05) is 12.1 Å². The van der Waals surface area contributed by atoms with Crippen LogP contribution in [0, 0.1) is 5.82 Å². The Balaban J connectivity index is 0.00000312. The monoisotopic (exact) mass is 389 g/mol. The molecule has 4 nitrogen and oxygen atoms in total. The second-order valence-corrected chi connectivity index (χ2v) is 5.55. The molecule has 138 valence electrons. The minimum Gasteiger partial charge on any atom is -0.493 e. The van der Waals surface area contributed by atoms with E-state index >= 15 is 0 Å². The lowest BCUT2D eigenvalue weighted by Crippen LogP contribution is -2.18. The van der Waals surface area contributed by atoms with Crippen molar-refractivity contribution in [2.45, 2.75) is 13.2 Å². The van der Waals surface area contributed by atoms with Crippen LogP contribution in [-0.4, -0.2) is 27.4 Å². The number of hydrogen-bond donors (Lipinski definition) is 1. The molecule has 0 heterocycles. The van der Waals surface area contributed by atoms with E-state index in [1.54, 1.807) is 32.4 Å². The van der Waals surface area contributed by atoms with Crippen molar-refractivity contribution in [3.8, 4) is 11.5 Å². The maximum atomic E-state index is 13.8. The topological polar surface area (TPSA) is 39.7 Å². The van der Waals surface area contributed by atoms with Gasteiger partial charge in [-0.1, -0.05) is 23.7 Å². The summed E-state index contributed by atoms with van der Waals surface area (Å²) in [6.45, 7) is 2.15. The van der Waals surface area contributed by atoms with Crippen LogP contribution in [0.2, 0.25) is 5.02 Å². The summed E-state index contributed by atoms with van der Waals surface area (Å²) in [5.74, 6) is 0.742. The molecule has 2 aromatic rings. The fourth-order valence-electron chi connectivity index (χ4n) is 2.17. The Morgan fingerprint density at radius 1 is 1.12 bits per heavy atom. The van der Waals surface area contributed by atoms with Gasteiger partial charge in [0.1, 0.15) is 12.4 Å². The van der Waals surface area contributed by atoms with Crippen molar-refractivity contribution in [3.63, 3.8) is 0 Å². The Morgan fingerprint density at radius 3 is 2.60 bits per heavy atom. The van der Waals surface area contributed by atoms with Crippen LogP contribution in [0.3, 0.4) is 0 Å². The number of methoxy groups -OCH3 is 2. The molecule has 0 aromatic heterocycles. The molecule has 0 aliphatic rings. The second kappa shape index (κ2) is 11.2. The molecule has 0 amide bonds. The van der Waals surface area contributed by atoms with Crippen molar-refractivity contribution in [2.75, 3.05) is 27.4 Å². The molecule has 0 saturated carbocycles. The quantitative estimate of drug-likeness (QED) is 0.651. The van der Waals surface area contributed by atoms with Gasteiger partial charge in [-0.2, -0.15) is 0 Å². The Labute approximate surface area is 158 Å². The molecule has 0 spiro atoms. The predicted molar refractivity (Wildman–Crippen MR) is 99.6 cm³/mol. The average molecular weight is 390 g/mol. The fourth-order valence-corrected chi connectivity index (χ4v) is 2.39. The molecule has 7 heteroatoms. The van der Waals surface area contributed by atoms with Crippen LogP contribution in [0.1, 0.15) is 11.1 Å². The Kier molecular flexibility index (Phi) is 9.60. The van der Waals surface area contributed by atoms with Crippen LogP contribution >= 0.6 is 24.0 Å². The summed E-state index contributed by atoms with van der Waals surface area (Å²) in [7, 11) is 3.24. The predicted octanol–water partition coefficient (Wildman–Crippen LogP) is 4.22. The zero-order chi connectivity index (χ0) is 17.4.